The number of ether oxygens (including phenoxy) is 3. The number of aryl methyl sites for hydroxylation is 2. The van der Waals surface area contributed by atoms with Crippen molar-refractivity contribution < 1.29 is 79.9 Å². The standard InChI is InChI=1S/C23H21ClFN5O.C18H24ClFN2O3.C18H22ClFN2O2.C13H14ClFN2.C10H16FNO4.C10H9N3O2.C7H9ClN2/c1-13-3-6-21(30-26-7-8-27-30)17(9-13)23(31)29-12-15(25)10-22(29)20-11-16-14(2)18(24)4-5-19(16)28-20;1-10-13(19)6-5-11(16(10)21)7-15(23)14-8-12(20)9-22(14)17(24)25-18(2,3)4;1-10-12-8-15(21-14(12)6-5-13(10)19)16-7-11(20)9-22(16)17(23)24-18(2,3)4;1-7-9-5-13(12-4-8(15)6-16-12)17-11(9)3-2-10(7)14;1-10(2,3)16-9(15)12-5-6(11)4-7(12)8(13)14;1-7-2-3-9(8(6-7)10(14)15)13-11-4-5-12-13;1-4-5(8)2-3-6(9)7(4)10/h3-9,15,22H,10-12H2,1-2H3;5-6,12,14H,7-9,21H2,1-4H3;5-6,11,16H,7-9H2,1-4H3;2-3,8,12,16H,4-6H2,1H3;6-7H,4-5H2,1-3H3,(H,13,14);2-6H,1H3,(H,14,15);2-3H,9-10H2,1H3/t15-,22-;12-,14-;11-,16-;8-,12-;6-,7-;;/m00000../s1. The Labute approximate surface area is 823 Å². The Morgan fingerprint density at radius 2 is 0.790 bits per heavy atom. The highest BCUT2D eigenvalue weighted by Crippen LogP contribution is 2.42. The number of carboxylic acids is 2. The number of aromatic nitrogens is 6. The van der Waals surface area contributed by atoms with Crippen molar-refractivity contribution >= 4 is 151 Å². The van der Waals surface area contributed by atoms with Crippen LogP contribution in [-0.4, -0.2) is 229 Å². The molecule has 0 aliphatic carbocycles. The summed E-state index contributed by atoms with van der Waals surface area (Å²) in [4.78, 5) is 106. The number of nitrogens with one attached hydrogen (secondary N) is 1. The number of hydrogen-bond donors (Lipinski definition) is 6. The second-order valence-electron chi connectivity index (χ2n) is 37.8. The van der Waals surface area contributed by atoms with E-state index < -0.39 is 96.0 Å². The highest BCUT2D eigenvalue weighted by molar-refractivity contribution is 6.33. The van der Waals surface area contributed by atoms with Gasteiger partial charge in [-0.15, -0.1) is 0 Å². The maximum Gasteiger partial charge on any atom is 0.411 e. The van der Waals surface area contributed by atoms with Crippen LogP contribution in [0.2, 0.25) is 25.1 Å². The predicted molar refractivity (Wildman–Crippen MR) is 526 cm³/mol. The molecular weight excluding hydrogens is 1890 g/mol. The Balaban J connectivity index is 0.000000158. The van der Waals surface area contributed by atoms with E-state index in [1.807, 2.05) is 96.1 Å². The van der Waals surface area contributed by atoms with Crippen LogP contribution in [0.25, 0.3) is 11.4 Å². The molecule has 738 valence electrons. The van der Waals surface area contributed by atoms with E-state index in [1.54, 1.807) is 129 Å². The maximum absolute atomic E-state index is 14.6. The molecular formula is C99H115Cl5F5N17O12. The average Bonchev–Trinajstić information content (AvgIpc) is 1.64. The van der Waals surface area contributed by atoms with Crippen LogP contribution in [0.5, 0.6) is 0 Å². The Kier molecular flexibility index (Phi) is 34.7. The lowest BCUT2D eigenvalue weighted by Gasteiger charge is -2.28. The van der Waals surface area contributed by atoms with Gasteiger partial charge in [0.25, 0.3) is 5.91 Å². The number of anilines is 3. The van der Waals surface area contributed by atoms with Crippen molar-refractivity contribution in [3.63, 3.8) is 0 Å². The van der Waals surface area contributed by atoms with Crippen molar-refractivity contribution in [1.82, 2.24) is 54.9 Å². The number of carbonyl (C=O) groups excluding carboxylic acids is 5. The number of Topliss-reactive ketones (excluding diaryl/α,β-unsaturated/α-hetero) is 1. The zero-order valence-corrected chi connectivity index (χ0v) is 83.3. The number of ketones is 1. The van der Waals surface area contributed by atoms with Crippen LogP contribution < -0.4 is 22.5 Å². The summed E-state index contributed by atoms with van der Waals surface area (Å²) in [5, 5.41) is 40.5. The number of nitrogen functional groups attached to an aromatic ring is 3. The van der Waals surface area contributed by atoms with Gasteiger partial charge in [0, 0.05) is 118 Å². The van der Waals surface area contributed by atoms with E-state index in [2.05, 4.69) is 35.7 Å². The number of nitrogens with two attached hydrogens (primary N) is 3. The van der Waals surface area contributed by atoms with Crippen LogP contribution in [0, 0.1) is 48.5 Å². The third-order valence-corrected chi connectivity index (χ3v) is 25.9. The SMILES string of the molecule is CC(C)(C)OC(=O)N1C[C@@H](F)C[C@H]1C(=O)O.Cc1c(Cl)ccc(CC(=O)[C@@H]2C[C@H](F)CN2C(=O)OC(C)(C)C)c1N.Cc1c(Cl)ccc(N)c1N.Cc1c(Cl)ccc2c1CC([C@@H]1C[C@H](F)CN1)=N2.Cc1c(Cl)ccc2c1CC([C@@H]1C[C@H](F)CN1C(=O)OC(C)(C)C)=N2.Cc1ccc(-n2nccn2)c(C(=O)N2C[C@@H](F)C[C@H]2C2=Nc3ccc(Cl)c(C)c3C2)c1.Cc1ccc(-n2nccn2)c(C(=O)O)c1. The number of halogens is 10. The average molecular weight is 2010 g/mol. The van der Waals surface area contributed by atoms with E-state index in [0.29, 0.717) is 91.0 Å². The summed E-state index contributed by atoms with van der Waals surface area (Å²) >= 11 is 30.3. The van der Waals surface area contributed by atoms with Crippen LogP contribution in [0.1, 0.15) is 176 Å². The Bertz CT molecular complexity index is 6110. The van der Waals surface area contributed by atoms with Gasteiger partial charge in [-0.05, 0) is 240 Å². The lowest BCUT2D eigenvalue weighted by atomic mass is 9.98. The lowest BCUT2D eigenvalue weighted by Crippen LogP contribution is -2.44. The number of aliphatic carboxylic acids is 1. The van der Waals surface area contributed by atoms with Gasteiger partial charge >= 0.3 is 30.2 Å². The largest absolute Gasteiger partial charge is 0.480 e. The number of carboxylic acid groups (broad SMARTS) is 2. The summed E-state index contributed by atoms with van der Waals surface area (Å²) in [6.07, 6.45) is 1.59. The van der Waals surface area contributed by atoms with E-state index >= 15 is 0 Å². The normalized spacial score (nSPS) is 20.4. The Hall–Kier alpha value is -11.8. The number of aliphatic imine (C=N–C) groups is 3. The first kappa shape index (κ1) is 107. The number of nitrogens with zero attached hydrogens (tertiary/aromatic N) is 13. The molecule has 0 unspecified atom stereocenters. The number of likely N-dealkylation sites (tertiary alicyclic amines) is 4. The van der Waals surface area contributed by atoms with Crippen molar-refractivity contribution in [2.75, 3.05) is 49.9 Å². The molecule has 4 amide bonds. The highest BCUT2D eigenvalue weighted by Gasteiger charge is 2.47. The minimum Gasteiger partial charge on any atom is -0.480 e. The smallest absolute Gasteiger partial charge is 0.411 e. The molecule has 8 aliphatic heterocycles. The topological polar surface area (TPSA) is 389 Å². The molecule has 17 rings (SSSR count). The molecule has 5 fully saturated rings. The predicted octanol–water partition coefficient (Wildman–Crippen LogP) is 20.2. The molecule has 0 bridgehead atoms. The molecule has 138 heavy (non-hydrogen) atoms. The molecule has 5 saturated heterocycles. The minimum absolute atomic E-state index is 0.0144. The summed E-state index contributed by atoms with van der Waals surface area (Å²) in [6.45, 7) is 29.1. The number of alkyl halides is 5. The van der Waals surface area contributed by atoms with Crippen molar-refractivity contribution in [2.45, 2.75) is 246 Å². The molecule has 8 aliphatic rings. The number of aromatic carboxylic acids is 1. The van der Waals surface area contributed by atoms with Crippen molar-refractivity contribution in [2.24, 2.45) is 15.0 Å². The second-order valence-corrected chi connectivity index (χ2v) is 39.8. The van der Waals surface area contributed by atoms with Gasteiger partial charge in [0.05, 0.1) is 114 Å². The van der Waals surface area contributed by atoms with Gasteiger partial charge in [-0.2, -0.15) is 30.0 Å². The number of benzene rings is 7. The van der Waals surface area contributed by atoms with Gasteiger partial charge in [-0.25, -0.2) is 45.9 Å². The molecule has 39 heteroatoms. The van der Waals surface area contributed by atoms with Crippen LogP contribution >= 0.6 is 58.0 Å². The lowest BCUT2D eigenvalue weighted by molar-refractivity contribution is -0.142. The number of fused-ring (bicyclic) bond motifs is 3. The number of hydrogen-bond acceptors (Lipinski definition) is 21. The van der Waals surface area contributed by atoms with E-state index in [-0.39, 0.29) is 87.6 Å². The molecule has 2 aromatic heterocycles. The monoisotopic (exact) mass is 2000 g/mol. The van der Waals surface area contributed by atoms with Gasteiger partial charge in [0.15, 0.2) is 5.78 Å². The zero-order valence-electron chi connectivity index (χ0n) is 79.5. The molecule has 10 atom stereocenters. The Morgan fingerprint density at radius 1 is 0.428 bits per heavy atom. The van der Waals surface area contributed by atoms with Gasteiger partial charge in [0.2, 0.25) is 0 Å². The zero-order chi connectivity index (χ0) is 101. The second kappa shape index (κ2) is 45.0. The van der Waals surface area contributed by atoms with E-state index in [1.165, 1.54) is 37.3 Å². The van der Waals surface area contributed by atoms with Crippen LogP contribution in [0.4, 0.5) is 70.5 Å². The first-order valence-electron chi connectivity index (χ1n) is 44.8. The molecule has 10 heterocycles. The summed E-state index contributed by atoms with van der Waals surface area (Å²) in [5.41, 5.74) is 34.1. The maximum atomic E-state index is 14.6. The molecule has 29 nitrogen and oxygen atoms in total. The molecule has 0 radical (unpaired) electrons. The third-order valence-electron chi connectivity index (χ3n) is 23.9. The number of rotatable bonds is 11. The Morgan fingerprint density at radius 3 is 1.22 bits per heavy atom. The van der Waals surface area contributed by atoms with Gasteiger partial charge < -0.3 is 51.8 Å². The quantitative estimate of drug-likeness (QED) is 0.0398. The summed E-state index contributed by atoms with van der Waals surface area (Å²) < 4.78 is 84.4. The van der Waals surface area contributed by atoms with Crippen LogP contribution in [-0.2, 0) is 49.5 Å². The third kappa shape index (κ3) is 26.8. The number of amides is 4. The van der Waals surface area contributed by atoms with Crippen LogP contribution in [0.15, 0.2) is 137 Å². The summed E-state index contributed by atoms with van der Waals surface area (Å²) in [7, 11) is 0. The van der Waals surface area contributed by atoms with Crippen LogP contribution in [0.3, 0.4) is 0 Å². The molecule has 9 N–H and O–H groups in total. The minimum atomic E-state index is -1.30. The first-order chi connectivity index (χ1) is 64.7. The van der Waals surface area contributed by atoms with E-state index in [9.17, 15) is 55.5 Å². The van der Waals surface area contributed by atoms with E-state index in [4.69, 9.17) is 105 Å². The molecule has 9 aromatic rings. The molecule has 0 spiro atoms. The van der Waals surface area contributed by atoms with Crippen molar-refractivity contribution in [3.05, 3.63) is 219 Å². The number of carbonyl (C=O) groups is 7. The highest BCUT2D eigenvalue weighted by atomic mass is 35.5. The summed E-state index contributed by atoms with van der Waals surface area (Å²) in [6, 6.07) is 26.0. The fourth-order valence-corrected chi connectivity index (χ4v) is 17.5. The first-order valence-corrected chi connectivity index (χ1v) is 46.7. The molecule has 0 saturated carbocycles. The van der Waals surface area contributed by atoms with Gasteiger partial charge in [-0.3, -0.25) is 39.3 Å². The molecule has 7 aromatic carbocycles. The fraction of sp³-hybridized carbons (Fsp3) is 0.434. The summed E-state index contributed by atoms with van der Waals surface area (Å²) in [5.74, 6) is -2.69. The van der Waals surface area contributed by atoms with Crippen molar-refractivity contribution in [1.29, 1.82) is 0 Å². The van der Waals surface area contributed by atoms with Gasteiger partial charge in [0.1, 0.15) is 59.4 Å². The van der Waals surface area contributed by atoms with Crippen molar-refractivity contribution in [3.8, 4) is 11.4 Å². The van der Waals surface area contributed by atoms with E-state index in [0.717, 1.165) is 95.0 Å². The fourth-order valence-electron chi connectivity index (χ4n) is 16.7. The van der Waals surface area contributed by atoms with Gasteiger partial charge in [-0.1, -0.05) is 87.3 Å².